The lowest BCUT2D eigenvalue weighted by atomic mass is 10.2. The highest BCUT2D eigenvalue weighted by atomic mass is 79.9. The molecule has 114 valence electrons. The second kappa shape index (κ2) is 6.69. The number of rotatable bonds is 6. The Kier molecular flexibility index (Phi) is 5.15. The van der Waals surface area contributed by atoms with Gasteiger partial charge in [-0.3, -0.25) is 0 Å². The number of sulfonamides is 1. The molecular weight excluding hydrogens is 356 g/mol. The highest BCUT2D eigenvalue weighted by Gasteiger charge is 2.17. The van der Waals surface area contributed by atoms with E-state index in [1.807, 2.05) is 17.8 Å². The molecule has 0 atom stereocenters. The quantitative estimate of drug-likeness (QED) is 0.795. The summed E-state index contributed by atoms with van der Waals surface area (Å²) in [4.78, 5) is 4.35. The van der Waals surface area contributed by atoms with Crippen molar-refractivity contribution >= 4 is 26.0 Å². The van der Waals surface area contributed by atoms with Gasteiger partial charge in [0, 0.05) is 43.4 Å². The van der Waals surface area contributed by atoms with Crippen LogP contribution in [0.5, 0.6) is 0 Å². The largest absolute Gasteiger partial charge is 0.338 e. The Morgan fingerprint density at radius 3 is 2.81 bits per heavy atom. The van der Waals surface area contributed by atoms with E-state index in [-0.39, 0.29) is 11.4 Å². The number of hydrogen-bond acceptors (Lipinski definition) is 4. The number of nitrogens with zero attached hydrogens (tertiary/aromatic N) is 2. The minimum atomic E-state index is -3.58. The van der Waals surface area contributed by atoms with Crippen LogP contribution in [0.4, 0.5) is 0 Å². The molecule has 0 aliphatic heterocycles. The van der Waals surface area contributed by atoms with Crippen LogP contribution in [0, 0.1) is 0 Å². The minimum Gasteiger partial charge on any atom is -0.338 e. The van der Waals surface area contributed by atoms with E-state index in [1.54, 1.807) is 24.4 Å². The van der Waals surface area contributed by atoms with Crippen LogP contribution in [0.2, 0.25) is 0 Å². The second-order valence-electron chi connectivity index (χ2n) is 4.57. The molecule has 21 heavy (non-hydrogen) atoms. The summed E-state index contributed by atoms with van der Waals surface area (Å²) in [5.41, 5.74) is 6.32. The van der Waals surface area contributed by atoms with E-state index in [0.717, 1.165) is 11.4 Å². The van der Waals surface area contributed by atoms with Crippen molar-refractivity contribution in [3.05, 3.63) is 46.5 Å². The Hall–Kier alpha value is -1.22. The maximum atomic E-state index is 12.3. The molecule has 0 fully saturated rings. The van der Waals surface area contributed by atoms with Crippen molar-refractivity contribution in [2.75, 3.05) is 6.54 Å². The van der Waals surface area contributed by atoms with E-state index in [4.69, 9.17) is 5.73 Å². The molecule has 3 N–H and O–H groups in total. The molecule has 0 unspecified atom stereocenters. The van der Waals surface area contributed by atoms with Gasteiger partial charge in [0.15, 0.2) is 0 Å². The summed E-state index contributed by atoms with van der Waals surface area (Å²) in [5, 5.41) is 0. The maximum Gasteiger partial charge on any atom is 0.241 e. The summed E-state index contributed by atoms with van der Waals surface area (Å²) in [6, 6.07) is 5.06. The van der Waals surface area contributed by atoms with Gasteiger partial charge in [0.1, 0.15) is 5.82 Å². The number of hydrogen-bond donors (Lipinski definition) is 2. The Morgan fingerprint density at radius 1 is 1.43 bits per heavy atom. The van der Waals surface area contributed by atoms with Crippen molar-refractivity contribution in [1.29, 1.82) is 0 Å². The van der Waals surface area contributed by atoms with Gasteiger partial charge in [-0.2, -0.15) is 0 Å². The van der Waals surface area contributed by atoms with Crippen LogP contribution in [0.1, 0.15) is 11.4 Å². The lowest BCUT2D eigenvalue weighted by Gasteiger charge is -2.10. The summed E-state index contributed by atoms with van der Waals surface area (Å²) < 4.78 is 29.6. The maximum absolute atomic E-state index is 12.3. The molecule has 0 spiro atoms. The summed E-state index contributed by atoms with van der Waals surface area (Å²) in [6.45, 7) is 0.579. The topological polar surface area (TPSA) is 90.0 Å². The first-order valence-electron chi connectivity index (χ1n) is 6.38. The minimum absolute atomic E-state index is 0.199. The fourth-order valence-corrected chi connectivity index (χ4v) is 3.94. The van der Waals surface area contributed by atoms with Gasteiger partial charge in [0.2, 0.25) is 10.0 Å². The summed E-state index contributed by atoms with van der Waals surface area (Å²) in [7, 11) is -1.71. The van der Waals surface area contributed by atoms with Gasteiger partial charge in [-0.05, 0) is 33.6 Å². The van der Waals surface area contributed by atoms with E-state index in [1.165, 1.54) is 0 Å². The molecule has 0 saturated carbocycles. The second-order valence-corrected chi connectivity index (χ2v) is 7.16. The van der Waals surface area contributed by atoms with Crippen molar-refractivity contribution in [2.45, 2.75) is 17.9 Å². The predicted octanol–water partition coefficient (Wildman–Crippen LogP) is 1.16. The van der Waals surface area contributed by atoms with Crippen molar-refractivity contribution in [3.8, 4) is 0 Å². The first-order valence-corrected chi connectivity index (χ1v) is 8.66. The molecule has 0 radical (unpaired) electrons. The highest BCUT2D eigenvalue weighted by molar-refractivity contribution is 9.10. The number of halogens is 1. The Labute approximate surface area is 132 Å². The number of nitrogens with two attached hydrogens (primary N) is 1. The van der Waals surface area contributed by atoms with Crippen LogP contribution in [0.25, 0.3) is 0 Å². The molecule has 8 heteroatoms. The van der Waals surface area contributed by atoms with Gasteiger partial charge in [-0.1, -0.05) is 6.07 Å². The molecule has 0 aliphatic carbocycles. The normalized spacial score (nSPS) is 11.8. The molecular formula is C13H17BrN4O2S. The molecule has 1 aromatic carbocycles. The van der Waals surface area contributed by atoms with Crippen LogP contribution < -0.4 is 10.5 Å². The standard InChI is InChI=1S/C13H17BrN4O2S/c1-18-7-6-16-13(18)4-5-17-21(19,20)12-8-10(9-15)2-3-11(12)14/h2-3,6-8,17H,4-5,9,15H2,1H3. The van der Waals surface area contributed by atoms with E-state index in [0.29, 0.717) is 17.4 Å². The van der Waals surface area contributed by atoms with E-state index >= 15 is 0 Å². The molecule has 6 nitrogen and oxygen atoms in total. The number of imidazole rings is 1. The molecule has 0 aliphatic rings. The number of aromatic nitrogens is 2. The van der Waals surface area contributed by atoms with E-state index in [9.17, 15) is 8.42 Å². The number of aryl methyl sites for hydroxylation is 1. The summed E-state index contributed by atoms with van der Waals surface area (Å²) in [5.74, 6) is 0.826. The van der Waals surface area contributed by atoms with Crippen LogP contribution >= 0.6 is 15.9 Å². The smallest absolute Gasteiger partial charge is 0.241 e. The van der Waals surface area contributed by atoms with Crippen molar-refractivity contribution in [3.63, 3.8) is 0 Å². The van der Waals surface area contributed by atoms with E-state index < -0.39 is 10.0 Å². The van der Waals surface area contributed by atoms with Gasteiger partial charge in [-0.15, -0.1) is 0 Å². The zero-order chi connectivity index (χ0) is 15.5. The van der Waals surface area contributed by atoms with Crippen LogP contribution in [0.3, 0.4) is 0 Å². The summed E-state index contributed by atoms with van der Waals surface area (Å²) in [6.07, 6.45) is 4.03. The molecule has 2 rings (SSSR count). The number of benzene rings is 1. The molecule has 0 saturated heterocycles. The first kappa shape index (κ1) is 16.2. The first-order chi connectivity index (χ1) is 9.94. The van der Waals surface area contributed by atoms with Crippen LogP contribution in [-0.2, 0) is 30.0 Å². The lowest BCUT2D eigenvalue weighted by molar-refractivity contribution is 0.579. The van der Waals surface area contributed by atoms with Crippen molar-refractivity contribution in [1.82, 2.24) is 14.3 Å². The highest BCUT2D eigenvalue weighted by Crippen LogP contribution is 2.23. The van der Waals surface area contributed by atoms with Gasteiger partial charge < -0.3 is 10.3 Å². The van der Waals surface area contributed by atoms with Gasteiger partial charge in [-0.25, -0.2) is 18.1 Å². The number of nitrogens with one attached hydrogen (secondary N) is 1. The SMILES string of the molecule is Cn1ccnc1CCNS(=O)(=O)c1cc(CN)ccc1Br. The monoisotopic (exact) mass is 372 g/mol. The van der Waals surface area contributed by atoms with Crippen molar-refractivity contribution in [2.24, 2.45) is 12.8 Å². The molecule has 0 bridgehead atoms. The summed E-state index contributed by atoms with van der Waals surface area (Å²) >= 11 is 3.26. The molecule has 1 heterocycles. The van der Waals surface area contributed by atoms with Gasteiger partial charge in [0.05, 0.1) is 4.90 Å². The van der Waals surface area contributed by atoms with E-state index in [2.05, 4.69) is 25.6 Å². The third kappa shape index (κ3) is 3.91. The fraction of sp³-hybridized carbons (Fsp3) is 0.308. The average molecular weight is 373 g/mol. The Bertz CT molecular complexity index is 728. The molecule has 1 aromatic heterocycles. The zero-order valence-corrected chi connectivity index (χ0v) is 14.0. The zero-order valence-electron chi connectivity index (χ0n) is 11.6. The Balaban J connectivity index is 2.10. The van der Waals surface area contributed by atoms with Gasteiger partial charge in [0.25, 0.3) is 0 Å². The lowest BCUT2D eigenvalue weighted by Crippen LogP contribution is -2.27. The molecule has 2 aromatic rings. The van der Waals surface area contributed by atoms with Crippen molar-refractivity contribution < 1.29 is 8.42 Å². The third-order valence-electron chi connectivity index (χ3n) is 3.08. The van der Waals surface area contributed by atoms with Gasteiger partial charge >= 0.3 is 0 Å². The molecule has 0 amide bonds. The predicted molar refractivity (Wildman–Crippen MR) is 84.1 cm³/mol. The van der Waals surface area contributed by atoms with Crippen LogP contribution in [-0.4, -0.2) is 24.5 Å². The Morgan fingerprint density at radius 2 is 2.19 bits per heavy atom. The average Bonchev–Trinajstić information content (AvgIpc) is 2.84. The van der Waals surface area contributed by atoms with Crippen LogP contribution in [0.15, 0.2) is 40.0 Å². The fourth-order valence-electron chi connectivity index (χ4n) is 1.89. The third-order valence-corrected chi connectivity index (χ3v) is 5.54.